The quantitative estimate of drug-likeness (QED) is 0.561. The van der Waals surface area contributed by atoms with Gasteiger partial charge in [-0.2, -0.15) is 0 Å². The molecular weight excluding hydrogens is 413 g/mol. The van der Waals surface area contributed by atoms with Crippen molar-refractivity contribution >= 4 is 57.3 Å². The molecule has 1 aliphatic rings. The number of pyridine rings is 1. The Balaban J connectivity index is 1.66. The second-order valence-electron chi connectivity index (χ2n) is 5.90. The molecule has 0 aromatic carbocycles. The molecule has 10 heteroatoms. The fraction of sp³-hybridized carbons (Fsp3) is 0.294. The summed E-state index contributed by atoms with van der Waals surface area (Å²) in [5.74, 6) is -1.92. The first-order valence-electron chi connectivity index (χ1n) is 8.09. The molecule has 0 spiro atoms. The average Bonchev–Trinajstić information content (AvgIpc) is 2.99. The summed E-state index contributed by atoms with van der Waals surface area (Å²) in [7, 11) is 0. The van der Waals surface area contributed by atoms with E-state index in [0.717, 1.165) is 36.1 Å². The average molecular weight is 428 g/mol. The van der Waals surface area contributed by atoms with Crippen molar-refractivity contribution in [3.63, 3.8) is 0 Å². The highest BCUT2D eigenvalue weighted by Crippen LogP contribution is 2.37. The van der Waals surface area contributed by atoms with Gasteiger partial charge in [-0.05, 0) is 37.3 Å². The molecule has 0 aliphatic heterocycles. The molecule has 2 aromatic heterocycles. The van der Waals surface area contributed by atoms with E-state index < -0.39 is 24.4 Å². The van der Waals surface area contributed by atoms with Crippen LogP contribution in [0.2, 0.25) is 10.2 Å². The highest BCUT2D eigenvalue weighted by molar-refractivity contribution is 7.17. The summed E-state index contributed by atoms with van der Waals surface area (Å²) < 4.78 is 4.96. The lowest BCUT2D eigenvalue weighted by Gasteiger charge is -2.11. The van der Waals surface area contributed by atoms with Crippen LogP contribution < -0.4 is 11.1 Å². The van der Waals surface area contributed by atoms with Gasteiger partial charge in [0.05, 0.1) is 16.1 Å². The van der Waals surface area contributed by atoms with Crippen molar-refractivity contribution in [1.29, 1.82) is 0 Å². The van der Waals surface area contributed by atoms with Gasteiger partial charge in [-0.15, -0.1) is 11.3 Å². The third-order valence-electron chi connectivity index (χ3n) is 4.04. The first-order chi connectivity index (χ1) is 12.9. The van der Waals surface area contributed by atoms with Crippen LogP contribution in [0.5, 0.6) is 0 Å². The molecule has 0 atom stereocenters. The molecule has 1 aliphatic carbocycles. The number of halogens is 2. The summed E-state index contributed by atoms with van der Waals surface area (Å²) >= 11 is 12.8. The summed E-state index contributed by atoms with van der Waals surface area (Å²) in [5, 5.41) is 3.17. The summed E-state index contributed by atoms with van der Waals surface area (Å²) in [6, 6.07) is 1.30. The summed E-state index contributed by atoms with van der Waals surface area (Å²) in [5.41, 5.74) is 6.82. The zero-order chi connectivity index (χ0) is 19.6. The van der Waals surface area contributed by atoms with Gasteiger partial charge in [0.1, 0.15) is 10.2 Å². The highest BCUT2D eigenvalue weighted by atomic mass is 35.5. The number of nitrogens with zero attached hydrogens (tertiary/aromatic N) is 1. The maximum Gasteiger partial charge on any atom is 0.340 e. The van der Waals surface area contributed by atoms with Crippen LogP contribution in [-0.4, -0.2) is 29.4 Å². The van der Waals surface area contributed by atoms with Crippen molar-refractivity contribution < 1.29 is 19.1 Å². The van der Waals surface area contributed by atoms with Gasteiger partial charge in [0.2, 0.25) is 0 Å². The van der Waals surface area contributed by atoms with E-state index in [1.807, 2.05) is 0 Å². The summed E-state index contributed by atoms with van der Waals surface area (Å²) in [6.07, 6.45) is 4.84. The fourth-order valence-electron chi connectivity index (χ4n) is 2.82. The van der Waals surface area contributed by atoms with E-state index in [-0.39, 0.29) is 15.7 Å². The van der Waals surface area contributed by atoms with Crippen molar-refractivity contribution in [2.45, 2.75) is 25.7 Å². The van der Waals surface area contributed by atoms with Gasteiger partial charge in [0.15, 0.2) is 6.61 Å². The van der Waals surface area contributed by atoms with Gasteiger partial charge in [-0.3, -0.25) is 9.59 Å². The van der Waals surface area contributed by atoms with Crippen molar-refractivity contribution in [3.05, 3.63) is 44.0 Å². The number of carbonyl (C=O) groups excluding carboxylic acids is 3. The van der Waals surface area contributed by atoms with Crippen LogP contribution in [0.3, 0.4) is 0 Å². The Kier molecular flexibility index (Phi) is 5.98. The maximum atomic E-state index is 12.2. The lowest BCUT2D eigenvalue weighted by atomic mass is 9.95. The Labute approximate surface area is 168 Å². The number of esters is 1. The van der Waals surface area contributed by atoms with E-state index in [0.29, 0.717) is 10.6 Å². The molecule has 142 valence electrons. The molecule has 2 heterocycles. The number of carbonyl (C=O) groups is 3. The number of fused-ring (bicyclic) bond motifs is 1. The van der Waals surface area contributed by atoms with E-state index >= 15 is 0 Å². The normalized spacial score (nSPS) is 13.0. The third kappa shape index (κ3) is 4.40. The van der Waals surface area contributed by atoms with Crippen molar-refractivity contribution in [3.8, 4) is 0 Å². The Morgan fingerprint density at radius 3 is 2.70 bits per heavy atom. The van der Waals surface area contributed by atoms with E-state index in [1.165, 1.54) is 23.6 Å². The van der Waals surface area contributed by atoms with Gasteiger partial charge >= 0.3 is 5.97 Å². The van der Waals surface area contributed by atoms with Gasteiger partial charge in [-0.1, -0.05) is 23.2 Å². The fourth-order valence-corrected chi connectivity index (χ4v) is 4.41. The predicted molar refractivity (Wildman–Crippen MR) is 103 cm³/mol. The molecule has 3 N–H and O–H groups in total. The van der Waals surface area contributed by atoms with Gasteiger partial charge in [0.25, 0.3) is 11.8 Å². The minimum atomic E-state index is -0.767. The van der Waals surface area contributed by atoms with Crippen LogP contribution >= 0.6 is 34.5 Å². The first-order valence-corrected chi connectivity index (χ1v) is 9.66. The van der Waals surface area contributed by atoms with Gasteiger partial charge in [0, 0.05) is 11.1 Å². The number of nitrogens with two attached hydrogens (primary N) is 1. The molecule has 0 saturated heterocycles. The van der Waals surface area contributed by atoms with E-state index in [2.05, 4.69) is 10.3 Å². The van der Waals surface area contributed by atoms with Crippen LogP contribution in [-0.2, 0) is 22.4 Å². The topological polar surface area (TPSA) is 111 Å². The number of nitrogens with one attached hydrogen (secondary N) is 1. The SMILES string of the molecule is NC(=O)c1c(NC(=O)COC(=O)c2cnc(Cl)c(Cl)c2)sc2c1CCCC2. The Bertz CT molecular complexity index is 929. The van der Waals surface area contributed by atoms with Crippen LogP contribution in [0.4, 0.5) is 5.00 Å². The summed E-state index contributed by atoms with van der Waals surface area (Å²) in [6.45, 7) is -0.528. The van der Waals surface area contributed by atoms with Gasteiger partial charge in [-0.25, -0.2) is 9.78 Å². The molecule has 2 amide bonds. The number of ether oxygens (including phenoxy) is 1. The molecule has 7 nitrogen and oxygen atoms in total. The number of aromatic nitrogens is 1. The van der Waals surface area contributed by atoms with Crippen molar-refractivity contribution in [1.82, 2.24) is 4.98 Å². The maximum absolute atomic E-state index is 12.2. The number of amides is 2. The number of hydrogen-bond acceptors (Lipinski definition) is 6. The Morgan fingerprint density at radius 1 is 1.26 bits per heavy atom. The third-order valence-corrected chi connectivity index (χ3v) is 5.93. The number of anilines is 1. The zero-order valence-corrected chi connectivity index (χ0v) is 16.3. The number of primary amides is 1. The van der Waals surface area contributed by atoms with Crippen LogP contribution in [0, 0.1) is 0 Å². The molecule has 0 saturated carbocycles. The van der Waals surface area contributed by atoms with Crippen LogP contribution in [0.1, 0.15) is 44.0 Å². The highest BCUT2D eigenvalue weighted by Gasteiger charge is 2.25. The van der Waals surface area contributed by atoms with Gasteiger partial charge < -0.3 is 15.8 Å². The standard InChI is InChI=1S/C17H15Cl2N3O4S/c18-10-5-8(6-21-14(10)19)17(25)26-7-12(23)22-16-13(15(20)24)9-3-1-2-4-11(9)27-16/h5-6H,1-4,7H2,(H2,20,24)(H,22,23). The molecular formula is C17H15Cl2N3O4S. The first kappa shape index (κ1) is 19.6. The Morgan fingerprint density at radius 2 is 2.00 bits per heavy atom. The molecule has 3 rings (SSSR count). The Hall–Kier alpha value is -2.16. The second-order valence-corrected chi connectivity index (χ2v) is 7.77. The monoisotopic (exact) mass is 427 g/mol. The van der Waals surface area contributed by atoms with E-state index in [4.69, 9.17) is 33.7 Å². The molecule has 0 unspecified atom stereocenters. The van der Waals surface area contributed by atoms with Crippen molar-refractivity contribution in [2.24, 2.45) is 5.73 Å². The largest absolute Gasteiger partial charge is 0.452 e. The second kappa shape index (κ2) is 8.24. The van der Waals surface area contributed by atoms with E-state index in [1.54, 1.807) is 0 Å². The molecule has 0 fully saturated rings. The zero-order valence-electron chi connectivity index (χ0n) is 14.0. The van der Waals surface area contributed by atoms with E-state index in [9.17, 15) is 14.4 Å². The summed E-state index contributed by atoms with van der Waals surface area (Å²) in [4.78, 5) is 40.8. The molecule has 27 heavy (non-hydrogen) atoms. The molecule has 2 aromatic rings. The van der Waals surface area contributed by atoms with Crippen LogP contribution in [0.15, 0.2) is 12.3 Å². The minimum absolute atomic E-state index is 0.0617. The number of hydrogen-bond donors (Lipinski definition) is 2. The van der Waals surface area contributed by atoms with Crippen LogP contribution in [0.25, 0.3) is 0 Å². The van der Waals surface area contributed by atoms with Crippen molar-refractivity contribution in [2.75, 3.05) is 11.9 Å². The lowest BCUT2D eigenvalue weighted by molar-refractivity contribution is -0.119. The number of rotatable bonds is 5. The number of aryl methyl sites for hydroxylation is 1. The smallest absolute Gasteiger partial charge is 0.340 e. The molecule has 0 radical (unpaired) electrons. The molecule has 0 bridgehead atoms. The lowest BCUT2D eigenvalue weighted by Crippen LogP contribution is -2.23. The minimum Gasteiger partial charge on any atom is -0.452 e. The predicted octanol–water partition coefficient (Wildman–Crippen LogP) is 3.22. The number of thiophene rings is 1.